The van der Waals surface area contributed by atoms with E-state index >= 15 is 0 Å². The minimum Gasteiger partial charge on any atom is -0.369 e. The molecule has 4 N–H and O–H groups in total. The van der Waals surface area contributed by atoms with Gasteiger partial charge in [0.2, 0.25) is 5.91 Å². The number of alkyl halides is 6. The lowest BCUT2D eigenvalue weighted by atomic mass is 9.92. The normalized spacial score (nSPS) is 20.3. The summed E-state index contributed by atoms with van der Waals surface area (Å²) in [5.41, 5.74) is -0.00517. The van der Waals surface area contributed by atoms with Gasteiger partial charge in [-0.25, -0.2) is 8.42 Å². The highest BCUT2D eigenvalue weighted by molar-refractivity contribution is 7.91. The van der Waals surface area contributed by atoms with Crippen LogP contribution in [0.15, 0.2) is 47.4 Å². The lowest BCUT2D eigenvalue weighted by molar-refractivity contribution is -0.376. The van der Waals surface area contributed by atoms with Gasteiger partial charge in [0.1, 0.15) is 6.04 Å². The van der Waals surface area contributed by atoms with Crippen LogP contribution in [0.1, 0.15) is 48.4 Å². The van der Waals surface area contributed by atoms with Crippen LogP contribution in [0, 0.1) is 11.8 Å². The molecular formula is C27H27F6N3O5S. The summed E-state index contributed by atoms with van der Waals surface area (Å²) in [6, 6.07) is 4.29. The van der Waals surface area contributed by atoms with Crippen molar-refractivity contribution in [1.29, 1.82) is 0 Å². The van der Waals surface area contributed by atoms with Crippen LogP contribution < -0.4 is 11.1 Å². The number of carbonyl (C=O) groups is 2. The number of nitrogens with one attached hydrogen (secondary N) is 1. The summed E-state index contributed by atoms with van der Waals surface area (Å²) in [6.07, 6.45) is -9.06. The Labute approximate surface area is 236 Å². The van der Waals surface area contributed by atoms with E-state index in [-0.39, 0.29) is 34.7 Å². The van der Waals surface area contributed by atoms with Crippen molar-refractivity contribution in [3.05, 3.63) is 59.2 Å². The summed E-state index contributed by atoms with van der Waals surface area (Å²) in [6.45, 7) is -0.122. The molecule has 0 saturated heterocycles. The van der Waals surface area contributed by atoms with Gasteiger partial charge in [0.25, 0.3) is 11.5 Å². The zero-order valence-corrected chi connectivity index (χ0v) is 22.7. The van der Waals surface area contributed by atoms with E-state index in [9.17, 15) is 49.5 Å². The van der Waals surface area contributed by atoms with E-state index in [1.807, 2.05) is 0 Å². The predicted octanol–water partition coefficient (Wildman–Crippen LogP) is 3.94. The maximum atomic E-state index is 13.5. The maximum Gasteiger partial charge on any atom is 0.430 e. The number of anilines is 1. The molecule has 0 spiro atoms. The highest BCUT2D eigenvalue weighted by Gasteiger charge is 2.71. The average Bonchev–Trinajstić information content (AvgIpc) is 3.84. The van der Waals surface area contributed by atoms with Crippen molar-refractivity contribution in [3.63, 3.8) is 0 Å². The molecule has 1 aliphatic heterocycles. The third kappa shape index (κ3) is 5.49. The molecule has 1 heterocycles. The molecule has 2 fully saturated rings. The number of rotatable bonds is 8. The second-order valence-electron chi connectivity index (χ2n) is 11.1. The van der Waals surface area contributed by atoms with E-state index in [0.717, 1.165) is 37.8 Å². The molecule has 2 aromatic carbocycles. The van der Waals surface area contributed by atoms with Crippen molar-refractivity contribution >= 4 is 27.3 Å². The number of amides is 2. The fraction of sp³-hybridized carbons (Fsp3) is 0.481. The SMILES string of the molecule is NC(C(=O)N1Cc2cc(S(=O)(=O)CC3CC3)ccc2C1C(=O)Nc1ccc(C(O)(C(F)(F)F)C(F)(F)F)cc1)C1CC1. The van der Waals surface area contributed by atoms with Crippen molar-refractivity contribution < 1.29 is 49.5 Å². The van der Waals surface area contributed by atoms with Gasteiger partial charge in [0, 0.05) is 17.8 Å². The highest BCUT2D eigenvalue weighted by Crippen LogP contribution is 2.50. The molecule has 228 valence electrons. The number of sulfone groups is 1. The van der Waals surface area contributed by atoms with Crippen molar-refractivity contribution in [2.24, 2.45) is 17.6 Å². The zero-order valence-electron chi connectivity index (χ0n) is 21.9. The lowest BCUT2D eigenvalue weighted by Gasteiger charge is -2.32. The van der Waals surface area contributed by atoms with Crippen molar-refractivity contribution in [3.8, 4) is 0 Å². The van der Waals surface area contributed by atoms with Gasteiger partial charge in [-0.05, 0) is 72.9 Å². The van der Waals surface area contributed by atoms with Crippen molar-refractivity contribution in [2.75, 3.05) is 11.1 Å². The van der Waals surface area contributed by atoms with E-state index in [0.29, 0.717) is 23.3 Å². The van der Waals surface area contributed by atoms with E-state index in [1.54, 1.807) is 0 Å². The molecular weight excluding hydrogens is 592 g/mol. The number of hydrogen-bond acceptors (Lipinski definition) is 6. The van der Waals surface area contributed by atoms with Crippen LogP contribution >= 0.6 is 0 Å². The molecule has 8 nitrogen and oxygen atoms in total. The smallest absolute Gasteiger partial charge is 0.369 e. The van der Waals surface area contributed by atoms with Crippen LogP contribution in [-0.2, 0) is 31.6 Å². The third-order valence-corrected chi connectivity index (χ3v) is 9.79. The molecule has 15 heteroatoms. The van der Waals surface area contributed by atoms with Gasteiger partial charge < -0.3 is 21.1 Å². The van der Waals surface area contributed by atoms with Crippen LogP contribution in [0.2, 0.25) is 0 Å². The minimum absolute atomic E-state index is 0.0152. The number of halogens is 6. The predicted molar refractivity (Wildman–Crippen MR) is 136 cm³/mol. The first-order chi connectivity index (χ1) is 19.4. The molecule has 0 radical (unpaired) electrons. The Kier molecular flexibility index (Phi) is 7.38. The largest absolute Gasteiger partial charge is 0.430 e. The van der Waals surface area contributed by atoms with Gasteiger partial charge in [0.15, 0.2) is 9.84 Å². The number of fused-ring (bicyclic) bond motifs is 1. The van der Waals surface area contributed by atoms with Gasteiger partial charge in [-0.3, -0.25) is 9.59 Å². The van der Waals surface area contributed by atoms with E-state index in [4.69, 9.17) is 5.73 Å². The Hall–Kier alpha value is -3.17. The standard InChI is InChI=1S/C27H27F6N3O5S/c28-26(29,30)25(39,27(31,32)33)17-5-7-18(8-6-17)35-23(37)22-20-10-9-19(42(40,41)13-14-1-2-14)11-16(20)12-36(22)24(38)21(34)15-3-4-15/h5-11,14-15,21-22,39H,1-4,12-13,34H2,(H,35,37). The number of benzene rings is 2. The fourth-order valence-corrected chi connectivity index (χ4v) is 6.89. The van der Waals surface area contributed by atoms with E-state index < -0.39 is 57.3 Å². The van der Waals surface area contributed by atoms with E-state index in [1.165, 1.54) is 23.1 Å². The molecule has 2 amide bonds. The second-order valence-corrected chi connectivity index (χ2v) is 13.1. The summed E-state index contributed by atoms with van der Waals surface area (Å²) in [5.74, 6) is -1.39. The molecule has 5 rings (SSSR count). The van der Waals surface area contributed by atoms with Crippen LogP contribution in [0.25, 0.3) is 0 Å². The Morgan fingerprint density at radius 3 is 2.10 bits per heavy atom. The quantitative estimate of drug-likeness (QED) is 0.384. The summed E-state index contributed by atoms with van der Waals surface area (Å²) < 4.78 is 105. The number of hydrogen-bond donors (Lipinski definition) is 3. The van der Waals surface area contributed by atoms with Crippen LogP contribution in [0.3, 0.4) is 0 Å². The van der Waals surface area contributed by atoms with Crippen LogP contribution in [0.4, 0.5) is 32.0 Å². The minimum atomic E-state index is -6.07. The highest BCUT2D eigenvalue weighted by atomic mass is 32.2. The Morgan fingerprint density at radius 2 is 1.57 bits per heavy atom. The summed E-state index contributed by atoms with van der Waals surface area (Å²) in [7, 11) is -3.61. The first-order valence-electron chi connectivity index (χ1n) is 13.1. The van der Waals surface area contributed by atoms with Gasteiger partial charge >= 0.3 is 12.4 Å². The third-order valence-electron chi connectivity index (χ3n) is 7.91. The Morgan fingerprint density at radius 1 is 0.976 bits per heavy atom. The molecule has 3 aliphatic rings. The summed E-state index contributed by atoms with van der Waals surface area (Å²) in [5, 5.41) is 12.0. The second kappa shape index (κ2) is 10.2. The molecule has 0 bridgehead atoms. The fourth-order valence-electron chi connectivity index (χ4n) is 5.14. The topological polar surface area (TPSA) is 130 Å². The Bertz CT molecular complexity index is 1490. The van der Waals surface area contributed by atoms with Gasteiger partial charge in [-0.15, -0.1) is 0 Å². The Balaban J connectivity index is 1.43. The van der Waals surface area contributed by atoms with Crippen LogP contribution in [-0.4, -0.2) is 54.4 Å². The number of nitrogens with two attached hydrogens (primary N) is 1. The number of aliphatic hydroxyl groups is 1. The van der Waals surface area contributed by atoms with Gasteiger partial charge in [0.05, 0.1) is 16.7 Å². The monoisotopic (exact) mass is 619 g/mol. The first-order valence-corrected chi connectivity index (χ1v) is 14.8. The summed E-state index contributed by atoms with van der Waals surface area (Å²) >= 11 is 0. The molecule has 2 aliphatic carbocycles. The number of carbonyl (C=O) groups excluding carboxylic acids is 2. The lowest BCUT2D eigenvalue weighted by Crippen LogP contribution is -2.53. The van der Waals surface area contributed by atoms with Gasteiger partial charge in [-0.2, -0.15) is 26.3 Å². The van der Waals surface area contributed by atoms with Crippen molar-refractivity contribution in [2.45, 2.75) is 67.2 Å². The van der Waals surface area contributed by atoms with Crippen LogP contribution in [0.5, 0.6) is 0 Å². The molecule has 2 atom stereocenters. The van der Waals surface area contributed by atoms with Gasteiger partial charge in [-0.1, -0.05) is 18.2 Å². The summed E-state index contributed by atoms with van der Waals surface area (Å²) in [4.78, 5) is 28.0. The zero-order chi connectivity index (χ0) is 30.8. The maximum absolute atomic E-state index is 13.5. The molecule has 42 heavy (non-hydrogen) atoms. The molecule has 2 saturated carbocycles. The molecule has 2 unspecified atom stereocenters. The first kappa shape index (κ1) is 30.3. The molecule has 2 aromatic rings. The van der Waals surface area contributed by atoms with Crippen molar-refractivity contribution in [1.82, 2.24) is 4.90 Å². The number of nitrogens with zero attached hydrogens (tertiary/aromatic N) is 1. The molecule has 0 aromatic heterocycles. The van der Waals surface area contributed by atoms with E-state index in [2.05, 4.69) is 5.32 Å². The average molecular weight is 620 g/mol.